The molecule has 0 aliphatic heterocycles. The van der Waals surface area contributed by atoms with E-state index in [0.29, 0.717) is 6.42 Å². The summed E-state index contributed by atoms with van der Waals surface area (Å²) in [6, 6.07) is 0. The van der Waals surface area contributed by atoms with Crippen LogP contribution in [-0.2, 0) is 0 Å². The Bertz CT molecular complexity index is 151. The van der Waals surface area contributed by atoms with Gasteiger partial charge in [0.15, 0.2) is 0 Å². The molecule has 0 aromatic heterocycles. The number of alkyl halides is 3. The van der Waals surface area contributed by atoms with Crippen LogP contribution in [0.3, 0.4) is 0 Å². The molecule has 1 atom stereocenters. The maximum Gasteiger partial charge on any atom is 0.409 e. The summed E-state index contributed by atoms with van der Waals surface area (Å²) in [7, 11) is 0. The van der Waals surface area contributed by atoms with E-state index in [-0.39, 0.29) is 6.08 Å². The van der Waals surface area contributed by atoms with Crippen LogP contribution in [0.25, 0.3) is 0 Å². The molecule has 0 saturated heterocycles. The molecule has 1 N–H and O–H groups in total. The Morgan fingerprint density at radius 2 is 1.92 bits per heavy atom. The highest BCUT2D eigenvalue weighted by molar-refractivity contribution is 4.93. The monoisotopic (exact) mass is 196 g/mol. The normalized spacial score (nSPS) is 15.2. The minimum Gasteiger partial charge on any atom is -0.389 e. The molecular weight excluding hydrogens is 181 g/mol. The van der Waals surface area contributed by atoms with Crippen LogP contribution in [0.1, 0.15) is 32.6 Å². The summed E-state index contributed by atoms with van der Waals surface area (Å²) in [6.07, 6.45) is -1.29. The van der Waals surface area contributed by atoms with E-state index in [1.54, 1.807) is 0 Å². The molecule has 0 aromatic rings. The van der Waals surface area contributed by atoms with Gasteiger partial charge in [-0.25, -0.2) is 0 Å². The first kappa shape index (κ1) is 12.5. The number of hydrogen-bond donors (Lipinski definition) is 1. The van der Waals surface area contributed by atoms with Crippen LogP contribution in [0.2, 0.25) is 0 Å². The first-order valence-corrected chi connectivity index (χ1v) is 4.40. The average Bonchev–Trinajstić information content (AvgIpc) is 2.00. The summed E-state index contributed by atoms with van der Waals surface area (Å²) in [5.41, 5.74) is 0. The quantitative estimate of drug-likeness (QED) is 0.529. The van der Waals surface area contributed by atoms with Gasteiger partial charge < -0.3 is 5.11 Å². The van der Waals surface area contributed by atoms with Gasteiger partial charge in [0.2, 0.25) is 0 Å². The van der Waals surface area contributed by atoms with E-state index in [1.165, 1.54) is 0 Å². The van der Waals surface area contributed by atoms with Gasteiger partial charge in [-0.3, -0.25) is 0 Å². The van der Waals surface area contributed by atoms with E-state index in [0.717, 1.165) is 25.3 Å². The lowest BCUT2D eigenvalue weighted by molar-refractivity contribution is -0.0806. The standard InChI is InChI=1S/C9H15F3O/c1-2-3-4-5-8(13)6-7-9(10,11)12/h6-8,13H,2-5H2,1H3/b7-6-/t8-/m0/s1. The molecule has 0 heterocycles. The summed E-state index contributed by atoms with van der Waals surface area (Å²) >= 11 is 0. The van der Waals surface area contributed by atoms with Crippen LogP contribution in [0.4, 0.5) is 13.2 Å². The predicted molar refractivity (Wildman–Crippen MR) is 45.3 cm³/mol. The van der Waals surface area contributed by atoms with E-state index in [1.807, 2.05) is 6.92 Å². The fourth-order valence-electron chi connectivity index (χ4n) is 0.920. The van der Waals surface area contributed by atoms with Gasteiger partial charge in [-0.05, 0) is 6.42 Å². The lowest BCUT2D eigenvalue weighted by atomic mass is 10.1. The van der Waals surface area contributed by atoms with Crippen LogP contribution in [0, 0.1) is 0 Å². The van der Waals surface area contributed by atoms with Gasteiger partial charge in [0, 0.05) is 6.08 Å². The third kappa shape index (κ3) is 9.40. The molecule has 0 aromatic carbocycles. The van der Waals surface area contributed by atoms with Crippen molar-refractivity contribution in [3.63, 3.8) is 0 Å². The molecule has 0 saturated carbocycles. The third-order valence-corrected chi connectivity index (χ3v) is 1.61. The molecule has 0 radical (unpaired) electrons. The number of aliphatic hydroxyl groups excluding tert-OH is 1. The van der Waals surface area contributed by atoms with E-state index >= 15 is 0 Å². The fraction of sp³-hybridized carbons (Fsp3) is 0.778. The SMILES string of the molecule is CCCCC[C@H](O)/C=C\C(F)(F)F. The second-order valence-electron chi connectivity index (χ2n) is 2.96. The molecule has 4 heteroatoms. The van der Waals surface area contributed by atoms with Crippen molar-refractivity contribution in [1.82, 2.24) is 0 Å². The minimum absolute atomic E-state index is 0.0869. The van der Waals surface area contributed by atoms with Crippen molar-refractivity contribution >= 4 is 0 Å². The molecule has 0 spiro atoms. The average molecular weight is 196 g/mol. The number of aliphatic hydroxyl groups is 1. The zero-order valence-electron chi connectivity index (χ0n) is 7.64. The summed E-state index contributed by atoms with van der Waals surface area (Å²) in [5.74, 6) is 0. The Balaban J connectivity index is 3.61. The summed E-state index contributed by atoms with van der Waals surface area (Å²) in [6.45, 7) is 2.00. The van der Waals surface area contributed by atoms with Gasteiger partial charge >= 0.3 is 6.18 Å². The molecule has 78 valence electrons. The Hall–Kier alpha value is -0.510. The maximum atomic E-state index is 11.6. The Kier molecular flexibility index (Phi) is 5.79. The van der Waals surface area contributed by atoms with Crippen molar-refractivity contribution in [2.45, 2.75) is 44.9 Å². The van der Waals surface area contributed by atoms with Crippen molar-refractivity contribution in [3.05, 3.63) is 12.2 Å². The highest BCUT2D eigenvalue weighted by Gasteiger charge is 2.22. The number of allylic oxidation sites excluding steroid dienone is 1. The van der Waals surface area contributed by atoms with Crippen molar-refractivity contribution in [3.8, 4) is 0 Å². The number of hydrogen-bond acceptors (Lipinski definition) is 1. The van der Waals surface area contributed by atoms with Gasteiger partial charge in [0.05, 0.1) is 6.10 Å². The Morgan fingerprint density at radius 3 is 2.38 bits per heavy atom. The summed E-state index contributed by atoms with van der Waals surface area (Å²) in [4.78, 5) is 0. The fourth-order valence-corrected chi connectivity index (χ4v) is 0.920. The van der Waals surface area contributed by atoms with Crippen LogP contribution in [0.5, 0.6) is 0 Å². The van der Waals surface area contributed by atoms with E-state index in [9.17, 15) is 13.2 Å². The zero-order chi connectivity index (χ0) is 10.3. The second kappa shape index (κ2) is 6.02. The molecule has 0 amide bonds. The molecule has 0 aliphatic rings. The van der Waals surface area contributed by atoms with Crippen LogP contribution in [0.15, 0.2) is 12.2 Å². The number of halogens is 3. The largest absolute Gasteiger partial charge is 0.409 e. The third-order valence-electron chi connectivity index (χ3n) is 1.61. The van der Waals surface area contributed by atoms with Crippen molar-refractivity contribution in [2.24, 2.45) is 0 Å². The van der Waals surface area contributed by atoms with Crippen molar-refractivity contribution in [1.29, 1.82) is 0 Å². The van der Waals surface area contributed by atoms with Crippen LogP contribution in [-0.4, -0.2) is 17.4 Å². The van der Waals surface area contributed by atoms with Gasteiger partial charge in [-0.1, -0.05) is 32.3 Å². The first-order chi connectivity index (χ1) is 5.95. The molecular formula is C9H15F3O. The van der Waals surface area contributed by atoms with E-state index < -0.39 is 12.3 Å². The molecule has 13 heavy (non-hydrogen) atoms. The predicted octanol–water partition coefficient (Wildman–Crippen LogP) is 3.05. The highest BCUT2D eigenvalue weighted by atomic mass is 19.4. The van der Waals surface area contributed by atoms with Crippen molar-refractivity contribution < 1.29 is 18.3 Å². The highest BCUT2D eigenvalue weighted by Crippen LogP contribution is 2.17. The maximum absolute atomic E-state index is 11.6. The molecule has 1 nitrogen and oxygen atoms in total. The number of unbranched alkanes of at least 4 members (excludes halogenated alkanes) is 2. The smallest absolute Gasteiger partial charge is 0.389 e. The summed E-state index contributed by atoms with van der Waals surface area (Å²) < 4.78 is 34.8. The molecule has 0 aliphatic carbocycles. The first-order valence-electron chi connectivity index (χ1n) is 4.40. The Morgan fingerprint density at radius 1 is 1.31 bits per heavy atom. The van der Waals surface area contributed by atoms with Gasteiger partial charge in [0.25, 0.3) is 0 Å². The topological polar surface area (TPSA) is 20.2 Å². The lowest BCUT2D eigenvalue weighted by Gasteiger charge is -2.05. The van der Waals surface area contributed by atoms with Crippen molar-refractivity contribution in [2.75, 3.05) is 0 Å². The van der Waals surface area contributed by atoms with Gasteiger partial charge in [-0.15, -0.1) is 0 Å². The van der Waals surface area contributed by atoms with Crippen LogP contribution < -0.4 is 0 Å². The second-order valence-corrected chi connectivity index (χ2v) is 2.96. The van der Waals surface area contributed by atoms with E-state index in [4.69, 9.17) is 5.11 Å². The van der Waals surface area contributed by atoms with Crippen LogP contribution >= 0.6 is 0 Å². The molecule has 0 fully saturated rings. The molecule has 0 rings (SSSR count). The molecule has 0 bridgehead atoms. The number of rotatable bonds is 5. The van der Waals surface area contributed by atoms with Gasteiger partial charge in [0.1, 0.15) is 0 Å². The lowest BCUT2D eigenvalue weighted by Crippen LogP contribution is -2.06. The van der Waals surface area contributed by atoms with E-state index in [2.05, 4.69) is 0 Å². The molecule has 0 unspecified atom stereocenters. The van der Waals surface area contributed by atoms with Gasteiger partial charge in [-0.2, -0.15) is 13.2 Å². The summed E-state index contributed by atoms with van der Waals surface area (Å²) in [5, 5.41) is 9.05. The minimum atomic E-state index is -4.31. The Labute approximate surface area is 76.3 Å². The zero-order valence-corrected chi connectivity index (χ0v) is 7.64.